The van der Waals surface area contributed by atoms with Gasteiger partial charge in [-0.05, 0) is 30.5 Å². The highest BCUT2D eigenvalue weighted by molar-refractivity contribution is 6.09. The number of para-hydroxylation sites is 2. The molecule has 2 aliphatic rings. The second kappa shape index (κ2) is 7.27. The second-order valence-corrected chi connectivity index (χ2v) is 6.59. The van der Waals surface area contributed by atoms with Gasteiger partial charge in [-0.25, -0.2) is 0 Å². The summed E-state index contributed by atoms with van der Waals surface area (Å²) >= 11 is 0. The Kier molecular flexibility index (Phi) is 5.10. The summed E-state index contributed by atoms with van der Waals surface area (Å²) in [6, 6.07) is 18.9. The zero-order valence-electron chi connectivity index (χ0n) is 13.8. The predicted octanol–water partition coefficient (Wildman–Crippen LogP) is 5.25. The maximum absolute atomic E-state index is 4.97. The lowest BCUT2D eigenvalue weighted by Crippen LogP contribution is -2.53. The fourth-order valence-corrected chi connectivity index (χ4v) is 3.73. The number of nitrogens with one attached hydrogen (secondary N) is 2. The molecule has 2 aromatic rings. The van der Waals surface area contributed by atoms with Gasteiger partial charge in [0.25, 0.3) is 0 Å². The molecule has 1 saturated carbocycles. The topological polar surface area (TPSA) is 36.4 Å². The number of nitrogens with zero attached hydrogens (tertiary/aromatic N) is 1. The minimum absolute atomic E-state index is 0. The molecule has 3 nitrogen and oxygen atoms in total. The van der Waals surface area contributed by atoms with Crippen LogP contribution in [0.3, 0.4) is 0 Å². The summed E-state index contributed by atoms with van der Waals surface area (Å²) in [6.07, 6.45) is 6.17. The molecule has 0 bridgehead atoms. The Morgan fingerprint density at radius 3 is 2.25 bits per heavy atom. The number of rotatable bonds is 2. The van der Waals surface area contributed by atoms with Gasteiger partial charge >= 0.3 is 0 Å². The van der Waals surface area contributed by atoms with Crippen LogP contribution in [0, 0.1) is 0 Å². The normalized spacial score (nSPS) is 19.8. The zero-order chi connectivity index (χ0) is 15.5. The van der Waals surface area contributed by atoms with Crippen molar-refractivity contribution in [1.29, 1.82) is 0 Å². The monoisotopic (exact) mass is 341 g/mol. The van der Waals surface area contributed by atoms with Crippen LogP contribution >= 0.6 is 12.4 Å². The summed E-state index contributed by atoms with van der Waals surface area (Å²) in [5.74, 6) is 1.11. The number of halogens is 1. The van der Waals surface area contributed by atoms with Crippen LogP contribution in [0.2, 0.25) is 0 Å². The quantitative estimate of drug-likeness (QED) is 0.782. The van der Waals surface area contributed by atoms with Crippen LogP contribution in [-0.2, 0) is 6.54 Å². The SMILES string of the molecule is Cl.c1ccc(CN=C2Nc3ccccc3NC23CCCCC3)cc1. The van der Waals surface area contributed by atoms with Crippen LogP contribution in [0.4, 0.5) is 11.4 Å². The number of hydrogen-bond acceptors (Lipinski definition) is 2. The van der Waals surface area contributed by atoms with Gasteiger partial charge < -0.3 is 10.6 Å². The first-order valence-electron chi connectivity index (χ1n) is 8.59. The second-order valence-electron chi connectivity index (χ2n) is 6.59. The van der Waals surface area contributed by atoms with Gasteiger partial charge in [-0.3, -0.25) is 4.99 Å². The van der Waals surface area contributed by atoms with Crippen molar-refractivity contribution in [3.8, 4) is 0 Å². The van der Waals surface area contributed by atoms with E-state index < -0.39 is 0 Å². The highest BCUT2D eigenvalue weighted by Crippen LogP contribution is 2.39. The van der Waals surface area contributed by atoms with Crippen molar-refractivity contribution in [2.75, 3.05) is 10.6 Å². The summed E-state index contributed by atoms with van der Waals surface area (Å²) < 4.78 is 0. The van der Waals surface area contributed by atoms with E-state index in [0.29, 0.717) is 0 Å². The number of hydrogen-bond donors (Lipinski definition) is 2. The van der Waals surface area contributed by atoms with Gasteiger partial charge in [0.1, 0.15) is 5.84 Å². The molecule has 0 saturated heterocycles. The summed E-state index contributed by atoms with van der Waals surface area (Å²) in [7, 11) is 0. The van der Waals surface area contributed by atoms with E-state index in [2.05, 4.69) is 65.2 Å². The Balaban J connectivity index is 0.00000169. The molecule has 2 aromatic carbocycles. The van der Waals surface area contributed by atoms with E-state index >= 15 is 0 Å². The van der Waals surface area contributed by atoms with E-state index in [4.69, 9.17) is 4.99 Å². The third kappa shape index (κ3) is 3.27. The van der Waals surface area contributed by atoms with Gasteiger partial charge in [0.15, 0.2) is 0 Å². The third-order valence-electron chi connectivity index (χ3n) is 4.98. The van der Waals surface area contributed by atoms with E-state index in [9.17, 15) is 0 Å². The smallest absolute Gasteiger partial charge is 0.127 e. The third-order valence-corrected chi connectivity index (χ3v) is 4.98. The molecule has 1 aliphatic heterocycles. The van der Waals surface area contributed by atoms with E-state index in [-0.39, 0.29) is 17.9 Å². The molecule has 0 atom stereocenters. The molecular weight excluding hydrogens is 318 g/mol. The van der Waals surface area contributed by atoms with E-state index in [1.165, 1.54) is 30.5 Å². The van der Waals surface area contributed by atoms with Gasteiger partial charge in [0.05, 0.1) is 23.5 Å². The molecule has 4 rings (SSSR count). The molecule has 126 valence electrons. The summed E-state index contributed by atoms with van der Waals surface area (Å²) in [6.45, 7) is 0.731. The molecular formula is C20H24ClN3. The molecule has 0 amide bonds. The lowest BCUT2D eigenvalue weighted by Gasteiger charge is -2.44. The molecule has 1 aliphatic carbocycles. The van der Waals surface area contributed by atoms with Crippen molar-refractivity contribution in [3.05, 3.63) is 60.2 Å². The van der Waals surface area contributed by atoms with Crippen molar-refractivity contribution in [1.82, 2.24) is 0 Å². The van der Waals surface area contributed by atoms with Crippen molar-refractivity contribution in [2.45, 2.75) is 44.2 Å². The first-order valence-corrected chi connectivity index (χ1v) is 8.59. The van der Waals surface area contributed by atoms with Crippen LogP contribution in [0.15, 0.2) is 59.6 Å². The predicted molar refractivity (Wildman–Crippen MR) is 104 cm³/mol. The molecule has 1 spiro atoms. The fraction of sp³-hybridized carbons (Fsp3) is 0.350. The van der Waals surface area contributed by atoms with Crippen LogP contribution < -0.4 is 10.6 Å². The van der Waals surface area contributed by atoms with Crippen LogP contribution in [0.5, 0.6) is 0 Å². The molecule has 4 heteroatoms. The van der Waals surface area contributed by atoms with Crippen LogP contribution in [-0.4, -0.2) is 11.4 Å². The van der Waals surface area contributed by atoms with Crippen LogP contribution in [0.25, 0.3) is 0 Å². The minimum Gasteiger partial charge on any atom is -0.371 e. The van der Waals surface area contributed by atoms with Gasteiger partial charge in [-0.1, -0.05) is 61.7 Å². The highest BCUT2D eigenvalue weighted by Gasteiger charge is 2.40. The Hall–Kier alpha value is -2.00. The van der Waals surface area contributed by atoms with Gasteiger partial charge in [0, 0.05) is 0 Å². The van der Waals surface area contributed by atoms with Crippen molar-refractivity contribution in [2.24, 2.45) is 4.99 Å². The van der Waals surface area contributed by atoms with Crippen molar-refractivity contribution >= 4 is 29.6 Å². The van der Waals surface area contributed by atoms with E-state index in [0.717, 1.165) is 30.9 Å². The first-order chi connectivity index (χ1) is 11.4. The number of amidine groups is 1. The average molecular weight is 342 g/mol. The Bertz CT molecular complexity index is 706. The van der Waals surface area contributed by atoms with Gasteiger partial charge in [0.2, 0.25) is 0 Å². The van der Waals surface area contributed by atoms with Crippen molar-refractivity contribution in [3.63, 3.8) is 0 Å². The number of benzene rings is 2. The Morgan fingerprint density at radius 2 is 1.50 bits per heavy atom. The molecule has 2 N–H and O–H groups in total. The number of aliphatic imine (C=N–C) groups is 1. The van der Waals surface area contributed by atoms with E-state index in [1.807, 2.05) is 0 Å². The Labute approximate surface area is 150 Å². The largest absolute Gasteiger partial charge is 0.371 e. The lowest BCUT2D eigenvalue weighted by atomic mass is 9.79. The number of anilines is 2. The Morgan fingerprint density at radius 1 is 0.833 bits per heavy atom. The molecule has 1 heterocycles. The zero-order valence-corrected chi connectivity index (χ0v) is 14.6. The summed E-state index contributed by atoms with van der Waals surface area (Å²) in [5.41, 5.74) is 3.58. The molecule has 24 heavy (non-hydrogen) atoms. The maximum Gasteiger partial charge on any atom is 0.127 e. The average Bonchev–Trinajstić information content (AvgIpc) is 2.61. The summed E-state index contributed by atoms with van der Waals surface area (Å²) in [4.78, 5) is 4.97. The lowest BCUT2D eigenvalue weighted by molar-refractivity contribution is 0.403. The van der Waals surface area contributed by atoms with E-state index in [1.54, 1.807) is 0 Å². The summed E-state index contributed by atoms with van der Waals surface area (Å²) in [5, 5.41) is 7.42. The number of fused-ring (bicyclic) bond motifs is 1. The molecule has 0 aromatic heterocycles. The maximum atomic E-state index is 4.97. The molecule has 1 fully saturated rings. The minimum atomic E-state index is -0.0125. The standard InChI is InChI=1S/C20H23N3.ClH/c1-3-9-16(10-4-1)15-21-19-20(13-7-2-8-14-20)23-18-12-6-5-11-17(18)22-19;/h1,3-6,9-12,23H,2,7-8,13-15H2,(H,21,22);1H. The highest BCUT2D eigenvalue weighted by atomic mass is 35.5. The van der Waals surface area contributed by atoms with Crippen molar-refractivity contribution < 1.29 is 0 Å². The first kappa shape index (κ1) is 16.8. The van der Waals surface area contributed by atoms with Gasteiger partial charge in [-0.2, -0.15) is 0 Å². The fourth-order valence-electron chi connectivity index (χ4n) is 3.73. The van der Waals surface area contributed by atoms with Gasteiger partial charge in [-0.15, -0.1) is 12.4 Å². The molecule has 0 unspecified atom stereocenters. The molecule has 0 radical (unpaired) electrons. The van der Waals surface area contributed by atoms with Crippen LogP contribution in [0.1, 0.15) is 37.7 Å².